The van der Waals surface area contributed by atoms with E-state index in [1.54, 1.807) is 0 Å². The highest BCUT2D eigenvalue weighted by atomic mass is 16.5. The Labute approximate surface area is 381 Å². The molecular weight excluding hydrogens is 755 g/mol. The van der Waals surface area contributed by atoms with Crippen molar-refractivity contribution >= 4 is 11.9 Å². The maximum absolute atomic E-state index is 13.2. The third-order valence-electron chi connectivity index (χ3n) is 13.2. The van der Waals surface area contributed by atoms with Gasteiger partial charge >= 0.3 is 5.97 Å². The van der Waals surface area contributed by atoms with E-state index in [1.165, 1.54) is 231 Å². The van der Waals surface area contributed by atoms with Crippen molar-refractivity contribution in [1.29, 1.82) is 0 Å². The summed E-state index contributed by atoms with van der Waals surface area (Å²) in [7, 11) is 0. The van der Waals surface area contributed by atoms with Crippen molar-refractivity contribution in [2.45, 2.75) is 334 Å². The van der Waals surface area contributed by atoms with Gasteiger partial charge in [-0.3, -0.25) is 9.59 Å². The molecule has 0 aromatic carbocycles. The van der Waals surface area contributed by atoms with Gasteiger partial charge in [0.25, 0.3) is 0 Å². The number of rotatable bonds is 51. The van der Waals surface area contributed by atoms with E-state index in [1.807, 2.05) is 0 Å². The number of hydrogen-bond acceptors (Lipinski definition) is 5. The van der Waals surface area contributed by atoms with E-state index in [4.69, 9.17) is 4.74 Å². The number of carbonyl (C=O) groups excluding carboxylic acids is 2. The Kier molecular flexibility index (Phi) is 48.9. The van der Waals surface area contributed by atoms with E-state index in [9.17, 15) is 19.8 Å². The molecule has 0 rings (SSSR count). The van der Waals surface area contributed by atoms with Crippen molar-refractivity contribution in [2.24, 2.45) is 0 Å². The van der Waals surface area contributed by atoms with E-state index in [0.717, 1.165) is 38.5 Å². The van der Waals surface area contributed by atoms with Crippen molar-refractivity contribution in [3.05, 3.63) is 0 Å². The molecule has 1 amide bonds. The highest BCUT2D eigenvalue weighted by Gasteiger charge is 2.24. The molecule has 364 valence electrons. The summed E-state index contributed by atoms with van der Waals surface area (Å²) < 4.78 is 5.96. The minimum Gasteiger partial charge on any atom is -0.462 e. The second-order valence-electron chi connectivity index (χ2n) is 19.4. The lowest BCUT2D eigenvalue weighted by Gasteiger charge is -2.24. The minimum absolute atomic E-state index is 0.0882. The zero-order valence-electron chi connectivity index (χ0n) is 41.6. The summed E-state index contributed by atoms with van der Waals surface area (Å²) >= 11 is 0. The number of hydrogen-bond donors (Lipinski definition) is 3. The number of aliphatic hydroxyl groups is 2. The molecule has 0 heterocycles. The fourth-order valence-electron chi connectivity index (χ4n) is 8.96. The number of esters is 1. The van der Waals surface area contributed by atoms with E-state index < -0.39 is 18.2 Å². The van der Waals surface area contributed by atoms with Crippen molar-refractivity contribution in [3.8, 4) is 0 Å². The van der Waals surface area contributed by atoms with Crippen LogP contribution in [0.25, 0.3) is 0 Å². The predicted molar refractivity (Wildman–Crippen MR) is 264 cm³/mol. The fourth-order valence-corrected chi connectivity index (χ4v) is 8.96. The summed E-state index contributed by atoms with van der Waals surface area (Å²) in [6, 6.07) is -0.692. The first-order valence-electron chi connectivity index (χ1n) is 27.8. The Morgan fingerprint density at radius 1 is 0.410 bits per heavy atom. The van der Waals surface area contributed by atoms with Gasteiger partial charge in [0.15, 0.2) is 0 Å². The lowest BCUT2D eigenvalue weighted by molar-refractivity contribution is -0.151. The quantitative estimate of drug-likeness (QED) is 0.0418. The molecule has 0 aromatic rings. The molecule has 3 N–H and O–H groups in total. The molecule has 61 heavy (non-hydrogen) atoms. The van der Waals surface area contributed by atoms with Gasteiger partial charge in [0.05, 0.1) is 25.2 Å². The average Bonchev–Trinajstić information content (AvgIpc) is 3.25. The van der Waals surface area contributed by atoms with Crippen molar-refractivity contribution in [1.82, 2.24) is 5.32 Å². The molecule has 0 aliphatic rings. The number of nitrogens with one attached hydrogen (secondary N) is 1. The molecule has 3 unspecified atom stereocenters. The van der Waals surface area contributed by atoms with Crippen LogP contribution in [0.1, 0.15) is 316 Å². The predicted octanol–water partition coefficient (Wildman–Crippen LogP) is 16.7. The van der Waals surface area contributed by atoms with Gasteiger partial charge in [-0.05, 0) is 25.7 Å². The molecule has 0 aliphatic carbocycles. The Morgan fingerprint density at radius 3 is 1.00 bits per heavy atom. The summed E-state index contributed by atoms with van der Waals surface area (Å²) in [5.41, 5.74) is 0. The van der Waals surface area contributed by atoms with Crippen LogP contribution in [0.15, 0.2) is 0 Å². The summed E-state index contributed by atoms with van der Waals surface area (Å²) in [6.07, 6.45) is 54.5. The van der Waals surface area contributed by atoms with Gasteiger partial charge in [-0.15, -0.1) is 0 Å². The molecule has 6 nitrogen and oxygen atoms in total. The molecular formula is C55H109NO5. The van der Waals surface area contributed by atoms with Gasteiger partial charge in [0.1, 0.15) is 6.10 Å². The van der Waals surface area contributed by atoms with Crippen molar-refractivity contribution in [3.63, 3.8) is 0 Å². The summed E-state index contributed by atoms with van der Waals surface area (Å²) in [4.78, 5) is 26.2. The molecule has 0 aliphatic heterocycles. The monoisotopic (exact) mass is 864 g/mol. The van der Waals surface area contributed by atoms with Crippen molar-refractivity contribution < 1.29 is 24.5 Å². The highest BCUT2D eigenvalue weighted by Crippen LogP contribution is 2.19. The molecule has 0 spiro atoms. The molecule has 0 bridgehead atoms. The van der Waals surface area contributed by atoms with Gasteiger partial charge in [0.2, 0.25) is 5.91 Å². The Balaban J connectivity index is 4.49. The van der Waals surface area contributed by atoms with Crippen LogP contribution in [-0.2, 0) is 14.3 Å². The van der Waals surface area contributed by atoms with E-state index >= 15 is 0 Å². The van der Waals surface area contributed by atoms with Crippen LogP contribution in [0.4, 0.5) is 0 Å². The van der Waals surface area contributed by atoms with Crippen LogP contribution in [0.3, 0.4) is 0 Å². The smallest absolute Gasteiger partial charge is 0.306 e. The molecule has 0 aromatic heterocycles. The number of amides is 1. The summed E-state index contributed by atoms with van der Waals surface area (Å²) in [6.45, 7) is 6.52. The van der Waals surface area contributed by atoms with Crippen molar-refractivity contribution in [2.75, 3.05) is 6.61 Å². The van der Waals surface area contributed by atoms with E-state index in [-0.39, 0.29) is 24.9 Å². The number of carbonyl (C=O) groups is 2. The normalized spacial score (nSPS) is 13.1. The lowest BCUT2D eigenvalue weighted by atomic mass is 10.0. The second-order valence-corrected chi connectivity index (χ2v) is 19.4. The number of ether oxygens (including phenoxy) is 1. The first-order chi connectivity index (χ1) is 30.0. The van der Waals surface area contributed by atoms with Crippen LogP contribution in [-0.4, -0.2) is 46.9 Å². The van der Waals surface area contributed by atoms with Gasteiger partial charge in [0, 0.05) is 6.42 Å². The molecule has 3 atom stereocenters. The fraction of sp³-hybridized carbons (Fsp3) is 0.964. The second kappa shape index (κ2) is 49.9. The molecule has 6 heteroatoms. The number of unbranched alkanes of at least 4 members (excludes halogenated alkanes) is 39. The Morgan fingerprint density at radius 2 is 0.689 bits per heavy atom. The van der Waals surface area contributed by atoms with E-state index in [0.29, 0.717) is 19.3 Å². The van der Waals surface area contributed by atoms with Gasteiger partial charge in [-0.25, -0.2) is 0 Å². The Hall–Kier alpha value is -1.14. The lowest BCUT2D eigenvalue weighted by Crippen LogP contribution is -2.46. The first-order valence-corrected chi connectivity index (χ1v) is 27.8. The maximum atomic E-state index is 13.2. The molecule has 0 fully saturated rings. The van der Waals surface area contributed by atoms with Crippen LogP contribution in [0.5, 0.6) is 0 Å². The topological polar surface area (TPSA) is 95.9 Å². The zero-order chi connectivity index (χ0) is 44.5. The van der Waals surface area contributed by atoms with Gasteiger partial charge < -0.3 is 20.3 Å². The van der Waals surface area contributed by atoms with Gasteiger partial charge in [-0.2, -0.15) is 0 Å². The molecule has 0 saturated heterocycles. The third kappa shape index (κ3) is 45.2. The molecule has 0 saturated carbocycles. The SMILES string of the molecule is CCCCCCCCCCCCCCCCCCCC(CC(=O)NC(CO)C(O)CCCCCCCCCCCC)OC(=O)CCCCCCCCCCCCCCCCC. The summed E-state index contributed by atoms with van der Waals surface area (Å²) in [5, 5.41) is 23.8. The van der Waals surface area contributed by atoms with Crippen LogP contribution in [0.2, 0.25) is 0 Å². The average molecular weight is 864 g/mol. The van der Waals surface area contributed by atoms with Crippen LogP contribution >= 0.6 is 0 Å². The van der Waals surface area contributed by atoms with Crippen LogP contribution < -0.4 is 5.32 Å². The standard InChI is InChI=1S/C55H109NO5/c1-4-7-10-13-16-19-22-24-26-27-29-30-32-34-37-40-43-46-51(61-55(60)48-45-42-39-36-33-31-28-25-23-20-17-14-11-8-5-2)49-54(59)56-52(50-57)53(58)47-44-41-38-35-21-18-15-12-9-6-3/h51-53,57-58H,4-50H2,1-3H3,(H,56,59). The Bertz CT molecular complexity index is 882. The number of aliphatic hydroxyl groups excluding tert-OH is 2. The molecule has 0 radical (unpaired) electrons. The minimum atomic E-state index is -0.779. The highest BCUT2D eigenvalue weighted by molar-refractivity contribution is 5.77. The maximum Gasteiger partial charge on any atom is 0.306 e. The van der Waals surface area contributed by atoms with Gasteiger partial charge in [-0.1, -0.05) is 278 Å². The van der Waals surface area contributed by atoms with Crippen LogP contribution in [0, 0.1) is 0 Å². The largest absolute Gasteiger partial charge is 0.462 e. The zero-order valence-corrected chi connectivity index (χ0v) is 41.6. The van der Waals surface area contributed by atoms with E-state index in [2.05, 4.69) is 26.1 Å². The third-order valence-corrected chi connectivity index (χ3v) is 13.2. The first kappa shape index (κ1) is 59.9. The summed E-state index contributed by atoms with van der Waals surface area (Å²) in [5.74, 6) is -0.447.